The summed E-state index contributed by atoms with van der Waals surface area (Å²) in [5, 5.41) is 4.72. The molecule has 1 fully saturated rings. The number of amides is 1. The van der Waals surface area contributed by atoms with Crippen LogP contribution in [0.2, 0.25) is 0 Å². The fourth-order valence-corrected chi connectivity index (χ4v) is 6.09. The molecule has 8 nitrogen and oxygen atoms in total. The lowest BCUT2D eigenvalue weighted by atomic mass is 9.94. The average Bonchev–Trinajstić information content (AvgIpc) is 3.14. The molecule has 2 aromatic rings. The zero-order valence-electron chi connectivity index (χ0n) is 17.8. The molecule has 0 radical (unpaired) electrons. The monoisotopic (exact) mass is 465 g/mol. The molecule has 1 aromatic heterocycles. The number of sulfonamides is 1. The van der Waals surface area contributed by atoms with Crippen molar-refractivity contribution in [3.8, 4) is 0 Å². The Balaban J connectivity index is 1.65. The molecule has 1 aromatic carbocycles. The molecule has 2 atom stereocenters. The average molecular weight is 466 g/mol. The molecule has 10 heteroatoms. The number of nitrogens with zero attached hydrogens (tertiary/aromatic N) is 2. The third-order valence-electron chi connectivity index (χ3n) is 4.99. The fourth-order valence-electron chi connectivity index (χ4n) is 3.70. The van der Waals surface area contributed by atoms with Crippen LogP contribution in [0.25, 0.3) is 0 Å². The molecule has 1 amide bonds. The van der Waals surface area contributed by atoms with Crippen LogP contribution in [-0.4, -0.2) is 49.3 Å². The minimum atomic E-state index is -3.59. The molecule has 0 bridgehead atoms. The van der Waals surface area contributed by atoms with Gasteiger partial charge in [-0.15, -0.1) is 11.3 Å². The predicted octanol–water partition coefficient (Wildman–Crippen LogP) is 3.17. The van der Waals surface area contributed by atoms with E-state index in [9.17, 15) is 18.0 Å². The molecule has 0 unspecified atom stereocenters. The van der Waals surface area contributed by atoms with Gasteiger partial charge in [0, 0.05) is 24.0 Å². The number of hydrogen-bond donors (Lipinski definition) is 1. The number of carbonyl (C=O) groups is 2. The van der Waals surface area contributed by atoms with Gasteiger partial charge in [0.15, 0.2) is 5.13 Å². The van der Waals surface area contributed by atoms with Crippen LogP contribution in [0.4, 0.5) is 5.13 Å². The molecule has 3 rings (SSSR count). The van der Waals surface area contributed by atoms with Crippen LogP contribution < -0.4 is 5.32 Å². The molecular formula is C21H27N3O5S2. The lowest BCUT2D eigenvalue weighted by Gasteiger charge is -2.34. The smallest absolute Gasteiger partial charge is 0.311 e. The SMILES string of the molecule is CCOC(=O)Cc1csc(NC(=O)c2ccc(S(=O)(=O)N3C[C@@H](C)C[C@H](C)C3)cc2)n1. The second-order valence-electron chi connectivity index (χ2n) is 7.87. The predicted molar refractivity (Wildman–Crippen MR) is 119 cm³/mol. The van der Waals surface area contributed by atoms with E-state index in [2.05, 4.69) is 24.1 Å². The summed E-state index contributed by atoms with van der Waals surface area (Å²) in [7, 11) is -3.59. The van der Waals surface area contributed by atoms with E-state index < -0.39 is 15.9 Å². The van der Waals surface area contributed by atoms with E-state index in [0.29, 0.717) is 47.9 Å². The van der Waals surface area contributed by atoms with Crippen LogP contribution in [-0.2, 0) is 26.0 Å². The van der Waals surface area contributed by atoms with Gasteiger partial charge in [-0.3, -0.25) is 14.9 Å². The topological polar surface area (TPSA) is 106 Å². The number of carbonyl (C=O) groups excluding carboxylic acids is 2. The van der Waals surface area contributed by atoms with Crippen LogP contribution in [0, 0.1) is 11.8 Å². The molecule has 31 heavy (non-hydrogen) atoms. The van der Waals surface area contributed by atoms with Crippen molar-refractivity contribution in [2.24, 2.45) is 11.8 Å². The van der Waals surface area contributed by atoms with Gasteiger partial charge in [-0.25, -0.2) is 13.4 Å². The van der Waals surface area contributed by atoms with Gasteiger partial charge >= 0.3 is 5.97 Å². The summed E-state index contributed by atoms with van der Waals surface area (Å²) in [5.41, 5.74) is 0.839. The first kappa shape index (κ1) is 23.4. The van der Waals surface area contributed by atoms with Crippen molar-refractivity contribution < 1.29 is 22.7 Å². The first-order valence-electron chi connectivity index (χ1n) is 10.2. The van der Waals surface area contributed by atoms with E-state index in [1.807, 2.05) is 0 Å². The molecule has 1 aliphatic rings. The van der Waals surface area contributed by atoms with Crippen LogP contribution in [0.1, 0.15) is 43.2 Å². The van der Waals surface area contributed by atoms with Crippen molar-refractivity contribution in [3.05, 3.63) is 40.9 Å². The lowest BCUT2D eigenvalue weighted by Crippen LogP contribution is -2.42. The Morgan fingerprint density at radius 1 is 1.19 bits per heavy atom. The third kappa shape index (κ3) is 5.90. The Morgan fingerprint density at radius 2 is 1.84 bits per heavy atom. The normalized spacial score (nSPS) is 19.7. The summed E-state index contributed by atoms with van der Waals surface area (Å²) >= 11 is 1.21. The number of aromatic nitrogens is 1. The number of benzene rings is 1. The third-order valence-corrected chi connectivity index (χ3v) is 7.65. The van der Waals surface area contributed by atoms with Crippen LogP contribution in [0.3, 0.4) is 0 Å². The first-order chi connectivity index (χ1) is 14.7. The van der Waals surface area contributed by atoms with Crippen molar-refractivity contribution >= 4 is 38.4 Å². The van der Waals surface area contributed by atoms with Crippen LogP contribution in [0.15, 0.2) is 34.5 Å². The number of thiazole rings is 1. The standard InChI is InChI=1S/C21H27N3O5S2/c1-4-29-19(25)10-17-13-30-21(22-17)23-20(26)16-5-7-18(8-6-16)31(27,28)24-11-14(2)9-15(3)12-24/h5-8,13-15H,4,9-12H2,1-3H3,(H,22,23,26)/t14-,15-/m0/s1. The molecule has 1 aliphatic heterocycles. The summed E-state index contributed by atoms with van der Waals surface area (Å²) < 4.78 is 32.3. The summed E-state index contributed by atoms with van der Waals surface area (Å²) in [4.78, 5) is 28.4. The van der Waals surface area contributed by atoms with Crippen LogP contribution in [0.5, 0.6) is 0 Å². The molecule has 168 valence electrons. The fraction of sp³-hybridized carbons (Fsp3) is 0.476. The minimum absolute atomic E-state index is 0.0422. The van der Waals surface area contributed by atoms with Crippen molar-refractivity contribution in [1.82, 2.24) is 9.29 Å². The number of nitrogens with one attached hydrogen (secondary N) is 1. The number of rotatable bonds is 7. The Labute approximate surface area is 186 Å². The zero-order chi connectivity index (χ0) is 22.6. The molecule has 1 saturated heterocycles. The van der Waals surface area contributed by atoms with Crippen LogP contribution >= 0.6 is 11.3 Å². The number of piperidine rings is 1. The zero-order valence-corrected chi connectivity index (χ0v) is 19.5. The highest BCUT2D eigenvalue weighted by molar-refractivity contribution is 7.89. The Kier molecular flexibility index (Phi) is 7.45. The van der Waals surface area contributed by atoms with E-state index in [-0.39, 0.29) is 17.3 Å². The maximum absolute atomic E-state index is 13.0. The van der Waals surface area contributed by atoms with Gasteiger partial charge in [-0.05, 0) is 49.4 Å². The summed E-state index contributed by atoms with van der Waals surface area (Å²) in [6.45, 7) is 7.16. The number of hydrogen-bond acceptors (Lipinski definition) is 7. The number of esters is 1. The Hall–Kier alpha value is -2.30. The molecule has 0 saturated carbocycles. The molecule has 0 spiro atoms. The molecule has 0 aliphatic carbocycles. The Bertz CT molecular complexity index is 1020. The largest absolute Gasteiger partial charge is 0.466 e. The van der Waals surface area contributed by atoms with Gasteiger partial charge in [0.2, 0.25) is 10.0 Å². The highest BCUT2D eigenvalue weighted by Crippen LogP contribution is 2.27. The van der Waals surface area contributed by atoms with Crippen molar-refractivity contribution in [2.75, 3.05) is 25.0 Å². The maximum Gasteiger partial charge on any atom is 0.311 e. The highest BCUT2D eigenvalue weighted by Gasteiger charge is 2.31. The second kappa shape index (κ2) is 9.88. The van der Waals surface area contributed by atoms with Gasteiger partial charge < -0.3 is 4.74 Å². The van der Waals surface area contributed by atoms with E-state index in [1.165, 1.54) is 39.9 Å². The van der Waals surface area contributed by atoms with E-state index >= 15 is 0 Å². The van der Waals surface area contributed by atoms with Crippen molar-refractivity contribution in [2.45, 2.75) is 38.5 Å². The highest BCUT2D eigenvalue weighted by atomic mass is 32.2. The van der Waals surface area contributed by atoms with E-state index in [4.69, 9.17) is 4.74 Å². The van der Waals surface area contributed by atoms with Gasteiger partial charge in [0.25, 0.3) is 5.91 Å². The summed E-state index contributed by atoms with van der Waals surface area (Å²) in [6.07, 6.45) is 1.06. The van der Waals surface area contributed by atoms with Gasteiger partial charge in [-0.2, -0.15) is 4.31 Å². The number of anilines is 1. The van der Waals surface area contributed by atoms with Crippen molar-refractivity contribution in [3.63, 3.8) is 0 Å². The minimum Gasteiger partial charge on any atom is -0.466 e. The Morgan fingerprint density at radius 3 is 2.45 bits per heavy atom. The second-order valence-corrected chi connectivity index (χ2v) is 10.7. The summed E-state index contributed by atoms with van der Waals surface area (Å²) in [5.74, 6) is -0.146. The molecule has 2 heterocycles. The van der Waals surface area contributed by atoms with Gasteiger partial charge in [0.05, 0.1) is 23.6 Å². The first-order valence-corrected chi connectivity index (χ1v) is 12.5. The molecule has 1 N–H and O–H groups in total. The van der Waals surface area contributed by atoms with E-state index in [0.717, 1.165) is 6.42 Å². The van der Waals surface area contributed by atoms with Gasteiger partial charge in [-0.1, -0.05) is 13.8 Å². The van der Waals surface area contributed by atoms with E-state index in [1.54, 1.807) is 12.3 Å². The lowest BCUT2D eigenvalue weighted by molar-refractivity contribution is -0.142. The maximum atomic E-state index is 13.0. The summed E-state index contributed by atoms with van der Waals surface area (Å²) in [6, 6.07) is 5.91. The number of ether oxygens (including phenoxy) is 1. The quantitative estimate of drug-likeness (QED) is 0.630. The van der Waals surface area contributed by atoms with Crippen molar-refractivity contribution in [1.29, 1.82) is 0 Å². The molecular weight excluding hydrogens is 438 g/mol. The van der Waals surface area contributed by atoms with Gasteiger partial charge in [0.1, 0.15) is 0 Å².